The predicted molar refractivity (Wildman–Crippen MR) is 99.9 cm³/mol. The van der Waals surface area contributed by atoms with E-state index in [-0.39, 0.29) is 23.1 Å². The molecule has 28 heavy (non-hydrogen) atoms. The van der Waals surface area contributed by atoms with Crippen molar-refractivity contribution in [3.05, 3.63) is 28.5 Å². The molecular weight excluding hydrogens is 384 g/mol. The van der Waals surface area contributed by atoms with Crippen molar-refractivity contribution in [1.82, 2.24) is 19.5 Å². The van der Waals surface area contributed by atoms with E-state index in [0.717, 1.165) is 11.3 Å². The van der Waals surface area contributed by atoms with Crippen molar-refractivity contribution < 1.29 is 22.3 Å². The third-order valence-corrected chi connectivity index (χ3v) is 7.36. The SMILES string of the molecule is Cc1noc(C)c1CN(C)C(=O)C1CCCN(S(=O)(=O)c2c(C)noc2C)C1. The first-order valence-electron chi connectivity index (χ1n) is 9.22. The molecule has 0 aliphatic carbocycles. The summed E-state index contributed by atoms with van der Waals surface area (Å²) in [5.74, 6) is 0.470. The van der Waals surface area contributed by atoms with Gasteiger partial charge in [-0.25, -0.2) is 8.42 Å². The number of carbonyl (C=O) groups excluding carboxylic acids is 1. The molecule has 1 amide bonds. The van der Waals surface area contributed by atoms with Gasteiger partial charge in [0.25, 0.3) is 0 Å². The zero-order chi connectivity index (χ0) is 20.6. The van der Waals surface area contributed by atoms with Crippen LogP contribution in [0.25, 0.3) is 0 Å². The number of hydrogen-bond donors (Lipinski definition) is 0. The molecule has 154 valence electrons. The number of sulfonamides is 1. The molecule has 2 aromatic rings. The molecule has 9 nitrogen and oxygen atoms in total. The van der Waals surface area contributed by atoms with E-state index >= 15 is 0 Å². The average molecular weight is 410 g/mol. The van der Waals surface area contributed by atoms with Crippen molar-refractivity contribution >= 4 is 15.9 Å². The van der Waals surface area contributed by atoms with E-state index in [0.29, 0.717) is 37.4 Å². The highest BCUT2D eigenvalue weighted by Gasteiger charge is 2.37. The lowest BCUT2D eigenvalue weighted by molar-refractivity contribution is -0.135. The molecule has 0 spiro atoms. The van der Waals surface area contributed by atoms with Crippen LogP contribution in [-0.2, 0) is 21.4 Å². The molecule has 0 radical (unpaired) electrons. The fourth-order valence-corrected chi connectivity index (χ4v) is 5.50. The van der Waals surface area contributed by atoms with E-state index in [1.54, 1.807) is 25.8 Å². The Labute approximate surface area is 164 Å². The molecule has 1 unspecified atom stereocenters. The normalized spacial score (nSPS) is 18.4. The summed E-state index contributed by atoms with van der Waals surface area (Å²) in [5, 5.41) is 7.66. The number of nitrogens with zero attached hydrogens (tertiary/aromatic N) is 4. The summed E-state index contributed by atoms with van der Waals surface area (Å²) in [7, 11) is -2.04. The van der Waals surface area contributed by atoms with Crippen LogP contribution in [0.3, 0.4) is 0 Å². The number of rotatable bonds is 5. The quantitative estimate of drug-likeness (QED) is 0.741. The van der Waals surface area contributed by atoms with E-state index in [4.69, 9.17) is 9.05 Å². The fraction of sp³-hybridized carbons (Fsp3) is 0.611. The first-order valence-corrected chi connectivity index (χ1v) is 10.7. The lowest BCUT2D eigenvalue weighted by Crippen LogP contribution is -2.45. The molecule has 1 fully saturated rings. The molecule has 0 N–H and O–H groups in total. The van der Waals surface area contributed by atoms with Gasteiger partial charge in [0.1, 0.15) is 16.3 Å². The highest BCUT2D eigenvalue weighted by atomic mass is 32.2. The van der Waals surface area contributed by atoms with Crippen LogP contribution >= 0.6 is 0 Å². The van der Waals surface area contributed by atoms with Crippen molar-refractivity contribution in [2.24, 2.45) is 5.92 Å². The number of carbonyl (C=O) groups is 1. The number of aryl methyl sites for hydroxylation is 4. The first-order chi connectivity index (χ1) is 13.1. The second kappa shape index (κ2) is 7.67. The van der Waals surface area contributed by atoms with E-state index in [9.17, 15) is 13.2 Å². The Morgan fingerprint density at radius 2 is 1.79 bits per heavy atom. The van der Waals surface area contributed by atoms with E-state index in [1.165, 1.54) is 4.31 Å². The van der Waals surface area contributed by atoms with E-state index in [2.05, 4.69) is 10.3 Å². The van der Waals surface area contributed by atoms with Crippen LogP contribution in [0.5, 0.6) is 0 Å². The monoisotopic (exact) mass is 410 g/mol. The summed E-state index contributed by atoms with van der Waals surface area (Å²) in [6.45, 7) is 7.74. The van der Waals surface area contributed by atoms with Gasteiger partial charge in [0.15, 0.2) is 5.76 Å². The number of piperidine rings is 1. The highest BCUT2D eigenvalue weighted by Crippen LogP contribution is 2.28. The summed E-state index contributed by atoms with van der Waals surface area (Å²) in [4.78, 5) is 14.7. The highest BCUT2D eigenvalue weighted by molar-refractivity contribution is 7.89. The van der Waals surface area contributed by atoms with Gasteiger partial charge in [-0.3, -0.25) is 4.79 Å². The third-order valence-electron chi connectivity index (χ3n) is 5.25. The molecule has 0 saturated carbocycles. The van der Waals surface area contributed by atoms with Gasteiger partial charge in [-0.1, -0.05) is 10.3 Å². The summed E-state index contributed by atoms with van der Waals surface area (Å²) < 4.78 is 37.7. The molecule has 1 saturated heterocycles. The van der Waals surface area contributed by atoms with Crippen LogP contribution in [-0.4, -0.2) is 54.0 Å². The van der Waals surface area contributed by atoms with Crippen molar-refractivity contribution in [3.8, 4) is 0 Å². The van der Waals surface area contributed by atoms with Gasteiger partial charge in [0.05, 0.1) is 18.2 Å². The molecular formula is C18H26N4O5S. The molecule has 1 aliphatic heterocycles. The Hall–Kier alpha value is -2.20. The molecule has 0 aromatic carbocycles. The van der Waals surface area contributed by atoms with Crippen LogP contribution in [0.15, 0.2) is 13.9 Å². The average Bonchev–Trinajstić information content (AvgIpc) is 3.17. The van der Waals surface area contributed by atoms with Crippen LogP contribution in [0.2, 0.25) is 0 Å². The molecule has 0 bridgehead atoms. The zero-order valence-electron chi connectivity index (χ0n) is 16.9. The van der Waals surface area contributed by atoms with Gasteiger partial charge in [-0.15, -0.1) is 0 Å². The minimum absolute atomic E-state index is 0.0846. The number of hydrogen-bond acceptors (Lipinski definition) is 7. The Bertz CT molecular complexity index is 939. The summed E-state index contributed by atoms with van der Waals surface area (Å²) in [6.07, 6.45) is 1.27. The molecule has 1 aliphatic rings. The topological polar surface area (TPSA) is 110 Å². The van der Waals surface area contributed by atoms with Crippen molar-refractivity contribution in [2.75, 3.05) is 20.1 Å². The summed E-state index contributed by atoms with van der Waals surface area (Å²) in [5.41, 5.74) is 1.97. The summed E-state index contributed by atoms with van der Waals surface area (Å²) >= 11 is 0. The lowest BCUT2D eigenvalue weighted by atomic mass is 9.98. The maximum absolute atomic E-state index is 13.1. The van der Waals surface area contributed by atoms with E-state index < -0.39 is 15.9 Å². The molecule has 1 atom stereocenters. The van der Waals surface area contributed by atoms with Crippen molar-refractivity contribution in [2.45, 2.75) is 52.0 Å². The zero-order valence-corrected chi connectivity index (χ0v) is 17.7. The molecule has 10 heteroatoms. The van der Waals surface area contributed by atoms with Crippen LogP contribution in [0, 0.1) is 33.6 Å². The standard InChI is InChI=1S/C18H26N4O5S/c1-11-16(13(3)26-19-11)10-21(5)18(23)15-7-6-8-22(9-15)28(24,25)17-12(2)20-27-14(17)4/h15H,6-10H2,1-5H3. The Morgan fingerprint density at radius 3 is 2.36 bits per heavy atom. The number of aromatic nitrogens is 2. The van der Waals surface area contributed by atoms with Crippen molar-refractivity contribution in [1.29, 1.82) is 0 Å². The van der Waals surface area contributed by atoms with Gasteiger partial charge < -0.3 is 13.9 Å². The molecule has 3 heterocycles. The number of amides is 1. The minimum Gasteiger partial charge on any atom is -0.361 e. The minimum atomic E-state index is -3.75. The largest absolute Gasteiger partial charge is 0.361 e. The predicted octanol–water partition coefficient (Wildman–Crippen LogP) is 1.96. The van der Waals surface area contributed by atoms with Gasteiger partial charge in [-0.2, -0.15) is 4.31 Å². The van der Waals surface area contributed by atoms with Crippen molar-refractivity contribution in [3.63, 3.8) is 0 Å². The lowest BCUT2D eigenvalue weighted by Gasteiger charge is -2.33. The first kappa shape index (κ1) is 20.5. The smallest absolute Gasteiger partial charge is 0.248 e. The van der Waals surface area contributed by atoms with E-state index in [1.807, 2.05) is 13.8 Å². The Morgan fingerprint density at radius 1 is 1.14 bits per heavy atom. The van der Waals surface area contributed by atoms with Gasteiger partial charge in [0.2, 0.25) is 15.9 Å². The van der Waals surface area contributed by atoms with Gasteiger partial charge in [0, 0.05) is 25.7 Å². The Balaban J connectivity index is 1.75. The maximum atomic E-state index is 13.1. The summed E-state index contributed by atoms with van der Waals surface area (Å²) in [6, 6.07) is 0. The third kappa shape index (κ3) is 3.70. The Kier molecular flexibility index (Phi) is 5.62. The van der Waals surface area contributed by atoms with Gasteiger partial charge in [-0.05, 0) is 40.5 Å². The van der Waals surface area contributed by atoms with Crippen LogP contribution < -0.4 is 0 Å². The second-order valence-electron chi connectivity index (χ2n) is 7.35. The fourth-order valence-electron chi connectivity index (χ4n) is 3.69. The molecule has 3 rings (SSSR count). The van der Waals surface area contributed by atoms with Crippen LogP contribution in [0.4, 0.5) is 0 Å². The maximum Gasteiger partial charge on any atom is 0.248 e. The molecule has 2 aromatic heterocycles. The van der Waals surface area contributed by atoms with Gasteiger partial charge >= 0.3 is 0 Å². The second-order valence-corrected chi connectivity index (χ2v) is 9.23. The van der Waals surface area contributed by atoms with Crippen LogP contribution in [0.1, 0.15) is 41.3 Å².